The summed E-state index contributed by atoms with van der Waals surface area (Å²) in [6, 6.07) is 1.77. The van der Waals surface area contributed by atoms with Crippen LogP contribution in [0.3, 0.4) is 0 Å². The predicted octanol–water partition coefficient (Wildman–Crippen LogP) is 4.85. The van der Waals surface area contributed by atoms with Crippen molar-refractivity contribution in [1.29, 1.82) is 0 Å². The lowest BCUT2D eigenvalue weighted by atomic mass is 9.95. The van der Waals surface area contributed by atoms with Crippen molar-refractivity contribution in [3.8, 4) is 0 Å². The number of carbonyl (C=O) groups is 1. The molecule has 0 amide bonds. The number of ketones is 1. The molecule has 0 bridgehead atoms. The third-order valence-corrected chi connectivity index (χ3v) is 3.80. The zero-order chi connectivity index (χ0) is 16.7. The molecule has 4 heteroatoms. The maximum atomic E-state index is 12.7. The highest BCUT2D eigenvalue weighted by atomic mass is 35.5. The van der Waals surface area contributed by atoms with E-state index in [2.05, 4.69) is 4.98 Å². The second kappa shape index (κ2) is 8.74. The fraction of sp³-hybridized carbons (Fsp3) is 0.444. The summed E-state index contributed by atoms with van der Waals surface area (Å²) < 4.78 is 0. The van der Waals surface area contributed by atoms with Crippen LogP contribution in [0, 0.1) is 6.92 Å². The Morgan fingerprint density at radius 1 is 1.45 bits per heavy atom. The van der Waals surface area contributed by atoms with E-state index < -0.39 is 0 Å². The molecule has 1 unspecified atom stereocenters. The summed E-state index contributed by atoms with van der Waals surface area (Å²) >= 11 is 6.21. The van der Waals surface area contributed by atoms with E-state index >= 15 is 0 Å². The Morgan fingerprint density at radius 3 is 2.73 bits per heavy atom. The van der Waals surface area contributed by atoms with Gasteiger partial charge in [-0.25, -0.2) is 0 Å². The third-order valence-electron chi connectivity index (χ3n) is 3.46. The Hall–Kier alpha value is -1.61. The number of hydrogen-bond donors (Lipinski definition) is 1. The van der Waals surface area contributed by atoms with Gasteiger partial charge in [-0.1, -0.05) is 32.9 Å². The van der Waals surface area contributed by atoms with Gasteiger partial charge in [0.15, 0.2) is 0 Å². The van der Waals surface area contributed by atoms with Crippen LogP contribution in [0.25, 0.3) is 0 Å². The molecule has 22 heavy (non-hydrogen) atoms. The minimum absolute atomic E-state index is 0.00743. The minimum atomic E-state index is -0.0404. The molecule has 1 aromatic rings. The van der Waals surface area contributed by atoms with Gasteiger partial charge >= 0.3 is 0 Å². The van der Waals surface area contributed by atoms with Crippen LogP contribution < -0.4 is 5.73 Å². The molecule has 2 rings (SSSR count). The number of Topliss-reactive ketones (excluding diaryl/α,β-unsaturated/α-hetero) is 1. The Balaban J connectivity index is 0.00000116. The number of aryl methyl sites for hydroxylation is 1. The molecule has 0 saturated heterocycles. The zero-order valence-corrected chi connectivity index (χ0v) is 14.6. The number of allylic oxidation sites excluding steroid dienone is 4. The van der Waals surface area contributed by atoms with Crippen molar-refractivity contribution in [1.82, 2.24) is 4.98 Å². The van der Waals surface area contributed by atoms with Gasteiger partial charge in [-0.05, 0) is 43.4 Å². The monoisotopic (exact) mass is 320 g/mol. The van der Waals surface area contributed by atoms with Gasteiger partial charge in [0.2, 0.25) is 5.78 Å². The first-order valence-electron chi connectivity index (χ1n) is 7.85. The Morgan fingerprint density at radius 2 is 2.14 bits per heavy atom. The van der Waals surface area contributed by atoms with Crippen molar-refractivity contribution in [2.24, 2.45) is 0 Å². The summed E-state index contributed by atoms with van der Waals surface area (Å²) in [5.74, 6) is -0.0404. The average Bonchev–Trinajstić information content (AvgIpc) is 2.70. The third kappa shape index (κ3) is 4.44. The molecule has 0 aromatic carbocycles. The van der Waals surface area contributed by atoms with Gasteiger partial charge < -0.3 is 5.73 Å². The van der Waals surface area contributed by atoms with Gasteiger partial charge in [0.25, 0.3) is 0 Å². The van der Waals surface area contributed by atoms with Crippen molar-refractivity contribution < 1.29 is 4.79 Å². The van der Waals surface area contributed by atoms with E-state index in [4.69, 9.17) is 17.3 Å². The standard InChI is InChI=1S/C16H19ClN2O.C2H6/c1-3-11-8-12(17)5-4-6-14(11)16(20)15-10(2)7-13(18)9-19-15;1-2/h6-9,12H,3-5,18H2,1-2H3;1-2H3. The van der Waals surface area contributed by atoms with E-state index in [0.29, 0.717) is 11.4 Å². The molecule has 3 nitrogen and oxygen atoms in total. The minimum Gasteiger partial charge on any atom is -0.397 e. The van der Waals surface area contributed by atoms with E-state index in [0.717, 1.165) is 36.0 Å². The average molecular weight is 321 g/mol. The Bertz CT molecular complexity index is 591. The molecule has 0 spiro atoms. The van der Waals surface area contributed by atoms with Crippen molar-refractivity contribution in [2.45, 2.75) is 52.3 Å². The fourth-order valence-electron chi connectivity index (χ4n) is 2.42. The molecule has 1 aliphatic carbocycles. The van der Waals surface area contributed by atoms with Crippen LogP contribution in [-0.2, 0) is 0 Å². The topological polar surface area (TPSA) is 56.0 Å². The number of halogens is 1. The van der Waals surface area contributed by atoms with Crippen molar-refractivity contribution >= 4 is 23.1 Å². The van der Waals surface area contributed by atoms with Gasteiger partial charge in [-0.15, -0.1) is 11.6 Å². The highest BCUT2D eigenvalue weighted by Gasteiger charge is 2.21. The molecule has 0 aliphatic heterocycles. The zero-order valence-electron chi connectivity index (χ0n) is 13.8. The van der Waals surface area contributed by atoms with Gasteiger partial charge in [-0.2, -0.15) is 0 Å². The lowest BCUT2D eigenvalue weighted by Gasteiger charge is -2.10. The lowest BCUT2D eigenvalue weighted by molar-refractivity contribution is 0.103. The number of aromatic nitrogens is 1. The van der Waals surface area contributed by atoms with Gasteiger partial charge in [0, 0.05) is 5.57 Å². The smallest absolute Gasteiger partial charge is 0.211 e. The SMILES string of the molecule is CC.CCC1=CC(Cl)CCC=C1C(=O)c1ncc(N)cc1C. The van der Waals surface area contributed by atoms with E-state index in [9.17, 15) is 4.79 Å². The normalized spacial score (nSPS) is 17.6. The Labute approximate surface area is 138 Å². The summed E-state index contributed by atoms with van der Waals surface area (Å²) in [7, 11) is 0. The van der Waals surface area contributed by atoms with E-state index in [1.54, 1.807) is 6.07 Å². The number of nitrogens with two attached hydrogens (primary N) is 1. The number of alkyl halides is 1. The molecular formula is C18H25ClN2O. The predicted molar refractivity (Wildman–Crippen MR) is 94.4 cm³/mol. The number of nitrogen functional groups attached to an aromatic ring is 1. The lowest BCUT2D eigenvalue weighted by Crippen LogP contribution is -2.10. The number of nitrogens with zero attached hydrogens (tertiary/aromatic N) is 1. The number of pyridine rings is 1. The number of hydrogen-bond acceptors (Lipinski definition) is 3. The van der Waals surface area contributed by atoms with E-state index in [1.165, 1.54) is 6.20 Å². The number of rotatable bonds is 3. The van der Waals surface area contributed by atoms with Crippen LogP contribution in [-0.4, -0.2) is 16.1 Å². The summed E-state index contributed by atoms with van der Waals surface area (Å²) in [6.07, 6.45) is 7.95. The maximum Gasteiger partial charge on any atom is 0.211 e. The summed E-state index contributed by atoms with van der Waals surface area (Å²) in [5, 5.41) is -0.00743. The molecule has 0 radical (unpaired) electrons. The summed E-state index contributed by atoms with van der Waals surface area (Å²) in [6.45, 7) is 7.89. The number of anilines is 1. The Kier molecular flexibility index (Phi) is 7.33. The van der Waals surface area contributed by atoms with Crippen LogP contribution >= 0.6 is 11.6 Å². The van der Waals surface area contributed by atoms with Crippen LogP contribution in [0.15, 0.2) is 35.6 Å². The van der Waals surface area contributed by atoms with Crippen molar-refractivity contribution in [2.75, 3.05) is 5.73 Å². The summed E-state index contributed by atoms with van der Waals surface area (Å²) in [5.41, 5.74) is 9.27. The maximum absolute atomic E-state index is 12.7. The summed E-state index contributed by atoms with van der Waals surface area (Å²) in [4.78, 5) is 16.9. The van der Waals surface area contributed by atoms with E-state index in [1.807, 2.05) is 39.8 Å². The second-order valence-corrected chi connectivity index (χ2v) is 5.58. The first kappa shape index (κ1) is 18.4. The first-order chi connectivity index (χ1) is 10.5. The second-order valence-electron chi connectivity index (χ2n) is 5.02. The molecule has 2 N–H and O–H groups in total. The van der Waals surface area contributed by atoms with Crippen molar-refractivity contribution in [3.63, 3.8) is 0 Å². The fourth-order valence-corrected chi connectivity index (χ4v) is 2.70. The largest absolute Gasteiger partial charge is 0.397 e. The highest BCUT2D eigenvalue weighted by Crippen LogP contribution is 2.27. The van der Waals surface area contributed by atoms with Gasteiger partial charge in [0.1, 0.15) is 5.69 Å². The quantitative estimate of drug-likeness (QED) is 0.640. The van der Waals surface area contributed by atoms with Crippen LogP contribution in [0.5, 0.6) is 0 Å². The van der Waals surface area contributed by atoms with Crippen LogP contribution in [0.2, 0.25) is 0 Å². The van der Waals surface area contributed by atoms with Gasteiger partial charge in [0.05, 0.1) is 17.3 Å². The highest BCUT2D eigenvalue weighted by molar-refractivity contribution is 6.22. The van der Waals surface area contributed by atoms with E-state index in [-0.39, 0.29) is 11.2 Å². The van der Waals surface area contributed by atoms with Crippen molar-refractivity contribution in [3.05, 3.63) is 46.8 Å². The molecule has 1 aromatic heterocycles. The molecule has 0 saturated carbocycles. The first-order valence-corrected chi connectivity index (χ1v) is 8.28. The number of carbonyl (C=O) groups excluding carboxylic acids is 1. The molecule has 120 valence electrons. The molecular weight excluding hydrogens is 296 g/mol. The van der Waals surface area contributed by atoms with Crippen LogP contribution in [0.1, 0.15) is 56.1 Å². The molecule has 1 heterocycles. The van der Waals surface area contributed by atoms with Gasteiger partial charge in [-0.3, -0.25) is 9.78 Å². The van der Waals surface area contributed by atoms with Crippen LogP contribution in [0.4, 0.5) is 5.69 Å². The molecule has 0 fully saturated rings. The molecule has 1 aliphatic rings. The molecule has 1 atom stereocenters.